The molecule has 0 aromatic carbocycles. The summed E-state index contributed by atoms with van der Waals surface area (Å²) in [4.78, 5) is 19.1. The van der Waals surface area contributed by atoms with Gasteiger partial charge in [0.1, 0.15) is 21.4 Å². The van der Waals surface area contributed by atoms with Crippen LogP contribution in [0.4, 0.5) is 0 Å². The van der Waals surface area contributed by atoms with Crippen LogP contribution in [0, 0.1) is 5.92 Å². The van der Waals surface area contributed by atoms with Gasteiger partial charge in [-0.15, -0.1) is 0 Å². The lowest BCUT2D eigenvalue weighted by Crippen LogP contribution is -2.34. The number of carbonyl (C=O) groups is 1. The molecular weight excluding hydrogens is 290 g/mol. The number of aromatic amines is 1. The van der Waals surface area contributed by atoms with E-state index in [0.29, 0.717) is 31.0 Å². The van der Waals surface area contributed by atoms with Crippen molar-refractivity contribution in [3.63, 3.8) is 0 Å². The van der Waals surface area contributed by atoms with Crippen LogP contribution >= 0.6 is 0 Å². The molecule has 0 unspecified atom stereocenters. The van der Waals surface area contributed by atoms with Crippen LogP contribution in [0.15, 0.2) is 6.20 Å². The molecule has 118 valence electrons. The maximum absolute atomic E-state index is 12.0. The van der Waals surface area contributed by atoms with Gasteiger partial charge in [-0.2, -0.15) is 0 Å². The van der Waals surface area contributed by atoms with Gasteiger partial charge in [-0.05, 0) is 31.6 Å². The molecule has 0 aliphatic heterocycles. The van der Waals surface area contributed by atoms with Crippen LogP contribution < -0.4 is 5.32 Å². The Morgan fingerprint density at radius 2 is 2.05 bits per heavy atom. The average Bonchev–Trinajstić information content (AvgIpc) is 2.93. The Morgan fingerprint density at radius 1 is 1.38 bits per heavy atom. The highest BCUT2D eigenvalue weighted by Gasteiger charge is 2.28. The van der Waals surface area contributed by atoms with Crippen molar-refractivity contribution in [2.24, 2.45) is 5.92 Å². The summed E-state index contributed by atoms with van der Waals surface area (Å²) in [5.41, 5.74) is 0.414. The Morgan fingerprint density at radius 3 is 2.57 bits per heavy atom. The molecule has 7 heteroatoms. The minimum absolute atomic E-state index is 0.170. The molecule has 1 fully saturated rings. The standard InChI is InChI=1S/C14H23N3O3S/c1-3-13-15-9-12(17-13)14(18)16-8-10-4-6-11(7-5-10)21(2,19)20/h9-11H,3-8H2,1-2H3,(H,15,17)(H,16,18). The zero-order chi connectivity index (χ0) is 15.5. The summed E-state index contributed by atoms with van der Waals surface area (Å²) >= 11 is 0. The minimum atomic E-state index is -2.93. The number of imidazole rings is 1. The highest BCUT2D eigenvalue weighted by Crippen LogP contribution is 2.27. The lowest BCUT2D eigenvalue weighted by molar-refractivity contribution is 0.0939. The first-order valence-electron chi connectivity index (χ1n) is 7.41. The number of nitrogens with zero attached hydrogens (tertiary/aromatic N) is 1. The predicted octanol–water partition coefficient (Wildman–Crippen LogP) is 1.31. The average molecular weight is 313 g/mol. The highest BCUT2D eigenvalue weighted by molar-refractivity contribution is 7.91. The number of amides is 1. The van der Waals surface area contributed by atoms with Gasteiger partial charge in [-0.25, -0.2) is 13.4 Å². The smallest absolute Gasteiger partial charge is 0.271 e. The normalized spacial score (nSPS) is 23.0. The molecule has 1 heterocycles. The van der Waals surface area contributed by atoms with Crippen LogP contribution in [0.3, 0.4) is 0 Å². The first-order valence-corrected chi connectivity index (χ1v) is 9.37. The molecule has 0 spiro atoms. The zero-order valence-corrected chi connectivity index (χ0v) is 13.4. The van der Waals surface area contributed by atoms with E-state index in [9.17, 15) is 13.2 Å². The van der Waals surface area contributed by atoms with E-state index in [1.807, 2.05) is 6.92 Å². The van der Waals surface area contributed by atoms with Gasteiger partial charge in [0.05, 0.1) is 5.25 Å². The molecule has 1 aliphatic rings. The van der Waals surface area contributed by atoms with Gasteiger partial charge in [-0.3, -0.25) is 4.79 Å². The maximum Gasteiger partial charge on any atom is 0.271 e. The van der Waals surface area contributed by atoms with Crippen LogP contribution in [0.1, 0.15) is 48.9 Å². The van der Waals surface area contributed by atoms with Crippen LogP contribution in [0.25, 0.3) is 0 Å². The quantitative estimate of drug-likeness (QED) is 0.857. The number of hydrogen-bond acceptors (Lipinski definition) is 4. The van der Waals surface area contributed by atoms with Gasteiger partial charge in [-0.1, -0.05) is 6.92 Å². The molecule has 0 atom stereocenters. The molecule has 0 bridgehead atoms. The first kappa shape index (κ1) is 16.0. The lowest BCUT2D eigenvalue weighted by Gasteiger charge is -2.27. The third-order valence-electron chi connectivity index (χ3n) is 4.15. The molecule has 1 aromatic heterocycles. The molecule has 2 N–H and O–H groups in total. The van der Waals surface area contributed by atoms with E-state index in [-0.39, 0.29) is 11.2 Å². The fourth-order valence-corrected chi connectivity index (χ4v) is 3.88. The van der Waals surface area contributed by atoms with Crippen LogP contribution in [0.5, 0.6) is 0 Å². The second-order valence-corrected chi connectivity index (χ2v) is 8.09. The van der Waals surface area contributed by atoms with Gasteiger partial charge in [0.25, 0.3) is 5.91 Å². The van der Waals surface area contributed by atoms with Crippen molar-refractivity contribution in [1.82, 2.24) is 15.3 Å². The summed E-state index contributed by atoms with van der Waals surface area (Å²) < 4.78 is 23.0. The Kier molecular flexibility index (Phi) is 5.03. The number of rotatable bonds is 5. The number of nitrogens with one attached hydrogen (secondary N) is 2. The molecule has 1 aliphatic carbocycles. The molecule has 2 rings (SSSR count). The SMILES string of the molecule is CCc1nc(C(=O)NCC2CCC(S(C)(=O)=O)CC2)c[nH]1. The summed E-state index contributed by atoms with van der Waals surface area (Å²) in [6, 6.07) is 0. The predicted molar refractivity (Wildman–Crippen MR) is 80.9 cm³/mol. The number of sulfone groups is 1. The number of hydrogen-bond donors (Lipinski definition) is 2. The minimum Gasteiger partial charge on any atom is -0.350 e. The monoisotopic (exact) mass is 313 g/mol. The van der Waals surface area contributed by atoms with E-state index in [1.165, 1.54) is 6.26 Å². The largest absolute Gasteiger partial charge is 0.350 e. The van der Waals surface area contributed by atoms with Gasteiger partial charge in [0.2, 0.25) is 0 Å². The van der Waals surface area contributed by atoms with Crippen molar-refractivity contribution < 1.29 is 13.2 Å². The Labute approximate surface area is 125 Å². The molecular formula is C14H23N3O3S. The maximum atomic E-state index is 12.0. The number of H-pyrrole nitrogens is 1. The molecule has 21 heavy (non-hydrogen) atoms. The molecule has 6 nitrogen and oxygen atoms in total. The van der Waals surface area contributed by atoms with E-state index >= 15 is 0 Å². The molecule has 1 saturated carbocycles. The summed E-state index contributed by atoms with van der Waals surface area (Å²) in [7, 11) is -2.93. The van der Waals surface area contributed by atoms with Gasteiger partial charge in [0, 0.05) is 25.4 Å². The second kappa shape index (κ2) is 6.60. The Balaban J connectivity index is 1.78. The molecule has 0 radical (unpaired) electrons. The van der Waals surface area contributed by atoms with Crippen molar-refractivity contribution in [3.8, 4) is 0 Å². The number of aryl methyl sites for hydroxylation is 1. The number of carbonyl (C=O) groups excluding carboxylic acids is 1. The topological polar surface area (TPSA) is 91.9 Å². The third kappa shape index (κ3) is 4.30. The van der Waals surface area contributed by atoms with Crippen molar-refractivity contribution in [2.45, 2.75) is 44.3 Å². The van der Waals surface area contributed by atoms with Crippen LogP contribution in [-0.2, 0) is 16.3 Å². The van der Waals surface area contributed by atoms with Crippen LogP contribution in [-0.4, -0.2) is 42.3 Å². The van der Waals surface area contributed by atoms with Crippen molar-refractivity contribution in [1.29, 1.82) is 0 Å². The highest BCUT2D eigenvalue weighted by atomic mass is 32.2. The van der Waals surface area contributed by atoms with Crippen LogP contribution in [0.2, 0.25) is 0 Å². The van der Waals surface area contributed by atoms with Crippen molar-refractivity contribution in [3.05, 3.63) is 17.7 Å². The number of aromatic nitrogens is 2. The third-order valence-corrected chi connectivity index (χ3v) is 5.83. The summed E-state index contributed by atoms with van der Waals surface area (Å²) in [6.07, 6.45) is 6.78. The summed E-state index contributed by atoms with van der Waals surface area (Å²) in [5, 5.41) is 2.68. The first-order chi connectivity index (χ1) is 9.90. The Bertz CT molecular complexity index is 586. The van der Waals surface area contributed by atoms with E-state index in [0.717, 1.165) is 25.1 Å². The van der Waals surface area contributed by atoms with Crippen molar-refractivity contribution >= 4 is 15.7 Å². The fourth-order valence-electron chi connectivity index (χ4n) is 2.75. The Hall–Kier alpha value is -1.37. The van der Waals surface area contributed by atoms with E-state index in [2.05, 4.69) is 15.3 Å². The fraction of sp³-hybridized carbons (Fsp3) is 0.714. The van der Waals surface area contributed by atoms with E-state index in [1.54, 1.807) is 6.20 Å². The van der Waals surface area contributed by atoms with Gasteiger partial charge in [0.15, 0.2) is 0 Å². The summed E-state index contributed by atoms with van der Waals surface area (Å²) in [6.45, 7) is 2.56. The van der Waals surface area contributed by atoms with E-state index in [4.69, 9.17) is 0 Å². The lowest BCUT2D eigenvalue weighted by atomic mass is 9.89. The van der Waals surface area contributed by atoms with Gasteiger partial charge < -0.3 is 10.3 Å². The molecule has 1 amide bonds. The molecule has 1 aromatic rings. The zero-order valence-electron chi connectivity index (χ0n) is 12.6. The van der Waals surface area contributed by atoms with Crippen molar-refractivity contribution in [2.75, 3.05) is 12.8 Å². The van der Waals surface area contributed by atoms with Gasteiger partial charge >= 0.3 is 0 Å². The van der Waals surface area contributed by atoms with E-state index < -0.39 is 9.84 Å². The second-order valence-electron chi connectivity index (χ2n) is 5.77. The molecule has 0 saturated heterocycles. The summed E-state index contributed by atoms with van der Waals surface area (Å²) in [5.74, 6) is 0.988.